The number of aliphatic carboxylic acids is 1. The monoisotopic (exact) mass is 350 g/mol. The molecular weight excluding hydrogens is 328 g/mol. The first-order valence-electron chi connectivity index (χ1n) is 8.52. The zero-order chi connectivity index (χ0) is 18.7. The molecule has 1 aromatic rings. The van der Waals surface area contributed by atoms with E-state index < -0.39 is 5.97 Å². The number of carboxylic acid groups (broad SMARTS) is 1. The van der Waals surface area contributed by atoms with Crippen molar-refractivity contribution in [3.8, 4) is 0 Å². The van der Waals surface area contributed by atoms with Gasteiger partial charge in [0.25, 0.3) is 0 Å². The van der Waals surface area contributed by atoms with Gasteiger partial charge in [0, 0.05) is 18.2 Å². The van der Waals surface area contributed by atoms with E-state index in [0.29, 0.717) is 12.0 Å². The Hall–Kier alpha value is -3.08. The van der Waals surface area contributed by atoms with Crippen molar-refractivity contribution in [2.75, 3.05) is 7.11 Å². The quantitative estimate of drug-likeness (QED) is 0.640. The maximum atomic E-state index is 11.1. The summed E-state index contributed by atoms with van der Waals surface area (Å²) >= 11 is 0. The Labute approximate surface area is 153 Å². The van der Waals surface area contributed by atoms with Crippen molar-refractivity contribution in [2.24, 2.45) is 0 Å². The van der Waals surface area contributed by atoms with Crippen molar-refractivity contribution >= 4 is 17.2 Å². The Bertz CT molecular complexity index is 921. The van der Waals surface area contributed by atoms with E-state index in [1.165, 1.54) is 11.1 Å². The van der Waals surface area contributed by atoms with Gasteiger partial charge >= 0.3 is 5.97 Å². The van der Waals surface area contributed by atoms with Crippen LogP contribution >= 0.6 is 0 Å². The maximum absolute atomic E-state index is 11.1. The zero-order valence-corrected chi connectivity index (χ0v) is 15.2. The molecule has 0 aliphatic heterocycles. The number of allylic oxidation sites excluding steroid dienone is 9. The van der Waals surface area contributed by atoms with Crippen LogP contribution < -0.4 is 0 Å². The van der Waals surface area contributed by atoms with Crippen LogP contribution in [0.2, 0.25) is 0 Å². The van der Waals surface area contributed by atoms with Gasteiger partial charge in [-0.15, -0.1) is 0 Å². The number of nitrogens with zero attached hydrogens (tertiary/aromatic N) is 2. The number of aromatic nitrogens is 2. The zero-order valence-electron chi connectivity index (χ0n) is 15.2. The topological polar surface area (TPSA) is 64.4 Å². The first-order chi connectivity index (χ1) is 12.5. The number of fused-ring (bicyclic) bond motifs is 1. The molecule has 0 spiro atoms. The fourth-order valence-corrected chi connectivity index (χ4v) is 3.07. The summed E-state index contributed by atoms with van der Waals surface area (Å²) in [6.45, 7) is 4.02. The summed E-state index contributed by atoms with van der Waals surface area (Å²) in [5, 5.41) is 13.8. The highest BCUT2D eigenvalue weighted by Crippen LogP contribution is 2.33. The average Bonchev–Trinajstić information content (AvgIpc) is 3.04. The molecule has 2 aliphatic carbocycles. The minimum Gasteiger partial charge on any atom is -0.497 e. The minimum atomic E-state index is -0.911. The van der Waals surface area contributed by atoms with Crippen molar-refractivity contribution < 1.29 is 14.6 Å². The van der Waals surface area contributed by atoms with Crippen LogP contribution in [-0.2, 0) is 16.0 Å². The Kier molecular flexibility index (Phi) is 5.07. The van der Waals surface area contributed by atoms with Crippen molar-refractivity contribution in [3.63, 3.8) is 0 Å². The highest BCUT2D eigenvalue weighted by atomic mass is 16.5. The van der Waals surface area contributed by atoms with E-state index in [2.05, 4.69) is 13.0 Å². The number of methoxy groups -OCH3 is 1. The number of carboxylic acids is 1. The number of hydrogen-bond donors (Lipinski definition) is 1. The predicted octanol–water partition coefficient (Wildman–Crippen LogP) is 4.13. The summed E-state index contributed by atoms with van der Waals surface area (Å²) in [6.07, 6.45) is 16.5. The van der Waals surface area contributed by atoms with Gasteiger partial charge in [-0.2, -0.15) is 5.10 Å². The minimum absolute atomic E-state index is 0.303. The Morgan fingerprint density at radius 2 is 2.15 bits per heavy atom. The third kappa shape index (κ3) is 3.47. The molecule has 0 amide bonds. The second-order valence-corrected chi connectivity index (χ2v) is 6.17. The lowest BCUT2D eigenvalue weighted by Gasteiger charge is -2.03. The summed E-state index contributed by atoms with van der Waals surface area (Å²) in [6, 6.07) is 0. The highest BCUT2D eigenvalue weighted by molar-refractivity contribution is 5.90. The molecule has 1 aromatic heterocycles. The molecule has 0 unspecified atom stereocenters. The van der Waals surface area contributed by atoms with E-state index >= 15 is 0 Å². The van der Waals surface area contributed by atoms with Crippen LogP contribution in [0.1, 0.15) is 31.5 Å². The molecule has 0 atom stereocenters. The molecule has 0 saturated carbocycles. The first-order valence-corrected chi connectivity index (χ1v) is 8.52. The van der Waals surface area contributed by atoms with Crippen molar-refractivity contribution in [1.82, 2.24) is 9.78 Å². The fourth-order valence-electron chi connectivity index (χ4n) is 3.07. The van der Waals surface area contributed by atoms with Crippen molar-refractivity contribution in [1.29, 1.82) is 0 Å². The normalized spacial score (nSPS) is 17.3. The van der Waals surface area contributed by atoms with E-state index in [1.54, 1.807) is 25.3 Å². The third-order valence-corrected chi connectivity index (χ3v) is 4.59. The molecular formula is C21H22N2O3. The molecule has 2 aliphatic rings. The van der Waals surface area contributed by atoms with Gasteiger partial charge in [0.1, 0.15) is 5.76 Å². The molecule has 3 rings (SSSR count). The number of carbonyl (C=O) groups is 1. The molecule has 0 fully saturated rings. The van der Waals surface area contributed by atoms with Crippen molar-refractivity contribution in [2.45, 2.75) is 26.7 Å². The molecule has 0 radical (unpaired) electrons. The van der Waals surface area contributed by atoms with Crippen LogP contribution in [0, 0.1) is 0 Å². The average molecular weight is 350 g/mol. The maximum Gasteiger partial charge on any atom is 0.335 e. The largest absolute Gasteiger partial charge is 0.497 e. The Morgan fingerprint density at radius 1 is 1.35 bits per heavy atom. The predicted molar refractivity (Wildman–Crippen MR) is 102 cm³/mol. The molecule has 0 aromatic carbocycles. The van der Waals surface area contributed by atoms with E-state index in [9.17, 15) is 4.79 Å². The molecule has 0 bridgehead atoms. The highest BCUT2D eigenvalue weighted by Gasteiger charge is 2.21. The summed E-state index contributed by atoms with van der Waals surface area (Å²) < 4.78 is 7.09. The van der Waals surface area contributed by atoms with E-state index in [1.807, 2.05) is 36.0 Å². The molecule has 1 N–H and O–H groups in total. The van der Waals surface area contributed by atoms with Gasteiger partial charge in [-0.05, 0) is 55.7 Å². The van der Waals surface area contributed by atoms with Gasteiger partial charge < -0.3 is 9.84 Å². The molecule has 0 saturated heterocycles. The lowest BCUT2D eigenvalue weighted by Crippen LogP contribution is -1.98. The molecule has 1 heterocycles. The summed E-state index contributed by atoms with van der Waals surface area (Å²) in [7, 11) is 1.66. The van der Waals surface area contributed by atoms with Gasteiger partial charge in [-0.25, -0.2) is 9.48 Å². The van der Waals surface area contributed by atoms with Gasteiger partial charge in [0.15, 0.2) is 0 Å². The van der Waals surface area contributed by atoms with Crippen LogP contribution in [0.15, 0.2) is 65.6 Å². The molecule has 5 heteroatoms. The van der Waals surface area contributed by atoms with Gasteiger partial charge in [-0.1, -0.05) is 18.2 Å². The Morgan fingerprint density at radius 3 is 2.81 bits per heavy atom. The lowest BCUT2D eigenvalue weighted by molar-refractivity contribution is -0.132. The Balaban J connectivity index is 1.83. The number of rotatable bonds is 5. The van der Waals surface area contributed by atoms with Crippen LogP contribution in [0.25, 0.3) is 11.3 Å². The summed E-state index contributed by atoms with van der Waals surface area (Å²) in [5.74, 6) is -0.0824. The number of ether oxygens (including phenoxy) is 1. The van der Waals surface area contributed by atoms with Gasteiger partial charge in [0.2, 0.25) is 0 Å². The summed E-state index contributed by atoms with van der Waals surface area (Å²) in [4.78, 5) is 11.1. The van der Waals surface area contributed by atoms with E-state index in [0.717, 1.165) is 29.1 Å². The second-order valence-electron chi connectivity index (χ2n) is 6.17. The van der Waals surface area contributed by atoms with Gasteiger partial charge in [0.05, 0.1) is 24.1 Å². The van der Waals surface area contributed by atoms with Crippen molar-refractivity contribution in [3.05, 3.63) is 76.9 Å². The van der Waals surface area contributed by atoms with E-state index in [-0.39, 0.29) is 0 Å². The van der Waals surface area contributed by atoms with E-state index in [4.69, 9.17) is 14.9 Å². The van der Waals surface area contributed by atoms with Crippen LogP contribution in [0.4, 0.5) is 0 Å². The SMILES string of the molecule is C/C=C(\C=C/C1=C(C)c2nn(C3=CCC=C(C(=O)O)C=C3)cc2C1)OC. The smallest absolute Gasteiger partial charge is 0.335 e. The fraction of sp³-hybridized carbons (Fsp3) is 0.238. The standard InChI is InChI=1S/C21H22N2O3/c1-4-19(26-3)11-9-16-12-17-13-23(22-20(17)14(16)2)18-7-5-6-15(8-10-18)21(24)25/h4,6-11,13H,5,12H2,1-3H3,(H,24,25)/b11-9-,19-4+. The second kappa shape index (κ2) is 7.44. The van der Waals surface area contributed by atoms with Crippen LogP contribution in [0.5, 0.6) is 0 Å². The first kappa shape index (κ1) is 17.7. The lowest BCUT2D eigenvalue weighted by atomic mass is 10.1. The molecule has 134 valence electrons. The number of hydrogen-bond acceptors (Lipinski definition) is 3. The van der Waals surface area contributed by atoms with Gasteiger partial charge in [-0.3, -0.25) is 0 Å². The summed E-state index contributed by atoms with van der Waals surface area (Å²) in [5.41, 5.74) is 5.74. The third-order valence-electron chi connectivity index (χ3n) is 4.59. The molecule has 26 heavy (non-hydrogen) atoms. The molecule has 5 nitrogen and oxygen atoms in total. The van der Waals surface area contributed by atoms with Crippen LogP contribution in [0.3, 0.4) is 0 Å². The van der Waals surface area contributed by atoms with Crippen LogP contribution in [-0.4, -0.2) is 28.0 Å².